The van der Waals surface area contributed by atoms with Crippen LogP contribution >= 0.6 is 0 Å². The standard InChI is InChI=1S/C31H43FN2O2/c1-5-6-7-27(35)23-10-8-22(9-11-23)18-21-34-29(36)28(24-12-14-26(32)15-13-24)33-31(34)19-16-25(17-20-31)30(2,3)4/h8,12-15,23,25H,5-7,9-11,16-21H2,1-4H3. The van der Waals surface area contributed by atoms with Gasteiger partial charge in [0.15, 0.2) is 0 Å². The van der Waals surface area contributed by atoms with E-state index >= 15 is 0 Å². The van der Waals surface area contributed by atoms with Crippen LogP contribution in [0.1, 0.15) is 104 Å². The Bertz CT molecular complexity index is 1010. The molecule has 1 fully saturated rings. The second-order valence-corrected chi connectivity index (χ2v) is 12.2. The van der Waals surface area contributed by atoms with Crippen molar-refractivity contribution in [2.45, 2.75) is 104 Å². The summed E-state index contributed by atoms with van der Waals surface area (Å²) in [5.41, 5.74) is 2.29. The van der Waals surface area contributed by atoms with Gasteiger partial charge in [0.2, 0.25) is 0 Å². The Hall–Kier alpha value is -2.30. The number of hydrogen-bond acceptors (Lipinski definition) is 3. The monoisotopic (exact) mass is 494 g/mol. The summed E-state index contributed by atoms with van der Waals surface area (Å²) in [6, 6.07) is 6.15. The van der Waals surface area contributed by atoms with E-state index in [-0.39, 0.29) is 23.1 Å². The Morgan fingerprint density at radius 1 is 1.14 bits per heavy atom. The van der Waals surface area contributed by atoms with Gasteiger partial charge in [-0.3, -0.25) is 14.6 Å². The summed E-state index contributed by atoms with van der Waals surface area (Å²) in [5.74, 6) is 0.862. The average molecular weight is 495 g/mol. The third kappa shape index (κ3) is 5.81. The van der Waals surface area contributed by atoms with Crippen LogP contribution in [-0.2, 0) is 9.59 Å². The highest BCUT2D eigenvalue weighted by molar-refractivity contribution is 6.46. The molecule has 0 aromatic heterocycles. The van der Waals surface area contributed by atoms with Crippen LogP contribution in [0.15, 0.2) is 40.9 Å². The van der Waals surface area contributed by atoms with Gasteiger partial charge < -0.3 is 4.90 Å². The van der Waals surface area contributed by atoms with Crippen molar-refractivity contribution in [2.75, 3.05) is 6.54 Å². The minimum atomic E-state index is -0.490. The zero-order valence-corrected chi connectivity index (χ0v) is 22.6. The Morgan fingerprint density at radius 2 is 1.83 bits per heavy atom. The van der Waals surface area contributed by atoms with Gasteiger partial charge in [0, 0.05) is 24.4 Å². The van der Waals surface area contributed by atoms with E-state index in [1.54, 1.807) is 12.1 Å². The SMILES string of the molecule is CCCCC(=O)C1CC=C(CCN2C(=O)C(c3ccc(F)cc3)=NC23CCC(C(C)(C)C)CC3)CC1. The van der Waals surface area contributed by atoms with E-state index in [9.17, 15) is 14.0 Å². The van der Waals surface area contributed by atoms with Crippen LogP contribution < -0.4 is 0 Å². The van der Waals surface area contributed by atoms with E-state index in [4.69, 9.17) is 4.99 Å². The number of allylic oxidation sites excluding steroid dienone is 1. The van der Waals surface area contributed by atoms with Crippen molar-refractivity contribution < 1.29 is 14.0 Å². The third-order valence-electron chi connectivity index (χ3n) is 8.79. The number of amides is 1. The zero-order chi connectivity index (χ0) is 25.9. The molecule has 2 aliphatic carbocycles. The molecule has 0 saturated heterocycles. The minimum absolute atomic E-state index is 0.0279. The maximum Gasteiger partial charge on any atom is 0.274 e. The van der Waals surface area contributed by atoms with E-state index in [2.05, 4.69) is 33.8 Å². The highest BCUT2D eigenvalue weighted by Crippen LogP contribution is 2.47. The number of rotatable bonds is 8. The van der Waals surface area contributed by atoms with Crippen LogP contribution in [0.3, 0.4) is 0 Å². The van der Waals surface area contributed by atoms with Crippen molar-refractivity contribution in [2.24, 2.45) is 22.2 Å². The number of nitrogens with zero attached hydrogens (tertiary/aromatic N) is 2. The predicted molar refractivity (Wildman–Crippen MR) is 143 cm³/mol. The van der Waals surface area contributed by atoms with Gasteiger partial charge >= 0.3 is 0 Å². The largest absolute Gasteiger partial charge is 0.312 e. The van der Waals surface area contributed by atoms with E-state index in [1.165, 1.54) is 17.7 Å². The topological polar surface area (TPSA) is 49.7 Å². The lowest BCUT2D eigenvalue weighted by Gasteiger charge is -2.45. The molecule has 0 bridgehead atoms. The molecule has 3 aliphatic rings. The highest BCUT2D eigenvalue weighted by atomic mass is 19.1. The second-order valence-electron chi connectivity index (χ2n) is 12.2. The molecule has 0 radical (unpaired) electrons. The number of aliphatic imine (C=N–C) groups is 1. The van der Waals surface area contributed by atoms with Crippen LogP contribution in [0.2, 0.25) is 0 Å². The molecule has 1 atom stereocenters. The number of carbonyl (C=O) groups excluding carboxylic acids is 2. The maximum absolute atomic E-state index is 13.7. The molecule has 1 aliphatic heterocycles. The summed E-state index contributed by atoms with van der Waals surface area (Å²) in [4.78, 5) is 33.2. The summed E-state index contributed by atoms with van der Waals surface area (Å²) in [5, 5.41) is 0. The first-order valence-corrected chi connectivity index (χ1v) is 14.0. The Labute approximate surface area is 216 Å². The van der Waals surface area contributed by atoms with Gasteiger partial charge in [-0.1, -0.05) is 45.8 Å². The van der Waals surface area contributed by atoms with E-state index in [0.29, 0.717) is 35.9 Å². The smallest absolute Gasteiger partial charge is 0.274 e. The van der Waals surface area contributed by atoms with Crippen LogP contribution in [0.4, 0.5) is 4.39 Å². The van der Waals surface area contributed by atoms with Crippen LogP contribution in [0.5, 0.6) is 0 Å². The summed E-state index contributed by atoms with van der Waals surface area (Å²) in [6.45, 7) is 9.68. The van der Waals surface area contributed by atoms with Gasteiger partial charge in [-0.2, -0.15) is 0 Å². The van der Waals surface area contributed by atoms with Gasteiger partial charge in [0.1, 0.15) is 23.0 Å². The summed E-state index contributed by atoms with van der Waals surface area (Å²) < 4.78 is 13.6. The van der Waals surface area contributed by atoms with Gasteiger partial charge in [0.25, 0.3) is 5.91 Å². The predicted octanol–water partition coefficient (Wildman–Crippen LogP) is 7.27. The Balaban J connectivity index is 1.48. The van der Waals surface area contributed by atoms with Crippen molar-refractivity contribution in [3.8, 4) is 0 Å². The number of carbonyl (C=O) groups is 2. The molecule has 4 nitrogen and oxygen atoms in total. The normalized spacial score (nSPS) is 26.8. The molecule has 1 amide bonds. The van der Waals surface area contributed by atoms with Crippen molar-refractivity contribution in [1.29, 1.82) is 0 Å². The molecule has 1 unspecified atom stereocenters. The number of halogens is 1. The van der Waals surface area contributed by atoms with E-state index in [1.807, 2.05) is 4.90 Å². The molecule has 1 heterocycles. The van der Waals surface area contributed by atoms with Gasteiger partial charge in [0.05, 0.1) is 0 Å². The maximum atomic E-state index is 13.7. The molecule has 36 heavy (non-hydrogen) atoms. The van der Waals surface area contributed by atoms with Crippen LogP contribution in [0.25, 0.3) is 0 Å². The first-order chi connectivity index (χ1) is 17.1. The van der Waals surface area contributed by atoms with Crippen molar-refractivity contribution in [1.82, 2.24) is 4.90 Å². The molecule has 1 spiro atoms. The van der Waals surface area contributed by atoms with Crippen molar-refractivity contribution >= 4 is 17.4 Å². The molecule has 5 heteroatoms. The van der Waals surface area contributed by atoms with Crippen LogP contribution in [0, 0.1) is 23.1 Å². The van der Waals surface area contributed by atoms with Gasteiger partial charge in [-0.05, 0) is 93.4 Å². The fourth-order valence-corrected chi connectivity index (χ4v) is 6.28. The number of Topliss-reactive ketones (excluding diaryl/α,β-unsaturated/α-hetero) is 1. The van der Waals surface area contributed by atoms with E-state index < -0.39 is 5.66 Å². The lowest BCUT2D eigenvalue weighted by molar-refractivity contribution is -0.129. The van der Waals surface area contributed by atoms with Crippen molar-refractivity contribution in [3.63, 3.8) is 0 Å². The molecule has 1 aromatic rings. The molecular formula is C31H43FN2O2. The highest BCUT2D eigenvalue weighted by Gasteiger charge is 2.49. The summed E-state index contributed by atoms with van der Waals surface area (Å²) in [7, 11) is 0. The number of ketones is 1. The Kier molecular flexibility index (Phi) is 8.16. The zero-order valence-electron chi connectivity index (χ0n) is 22.6. The fraction of sp³-hybridized carbons (Fsp3) is 0.645. The molecule has 0 N–H and O–H groups in total. The van der Waals surface area contributed by atoms with Gasteiger partial charge in [-0.15, -0.1) is 0 Å². The van der Waals surface area contributed by atoms with Gasteiger partial charge in [-0.25, -0.2) is 4.39 Å². The lowest BCUT2D eigenvalue weighted by atomic mass is 9.69. The molecule has 1 aromatic carbocycles. The number of benzene rings is 1. The summed E-state index contributed by atoms with van der Waals surface area (Å²) >= 11 is 0. The van der Waals surface area contributed by atoms with E-state index in [0.717, 1.165) is 64.2 Å². The Morgan fingerprint density at radius 3 is 2.42 bits per heavy atom. The molecule has 4 rings (SSSR count). The fourth-order valence-electron chi connectivity index (χ4n) is 6.28. The number of hydrogen-bond donors (Lipinski definition) is 0. The van der Waals surface area contributed by atoms with Crippen molar-refractivity contribution in [3.05, 3.63) is 47.3 Å². The molecule has 1 saturated carbocycles. The average Bonchev–Trinajstić information content (AvgIpc) is 3.12. The first kappa shape index (κ1) is 26.8. The third-order valence-corrected chi connectivity index (χ3v) is 8.79. The summed E-state index contributed by atoms with van der Waals surface area (Å²) in [6.07, 6.45) is 12.4. The lowest BCUT2D eigenvalue weighted by Crippen LogP contribution is -2.50. The first-order valence-electron chi connectivity index (χ1n) is 14.0. The second kappa shape index (κ2) is 11.0. The quantitative estimate of drug-likeness (QED) is 0.357. The van der Waals surface area contributed by atoms with Crippen LogP contribution in [-0.4, -0.2) is 34.5 Å². The minimum Gasteiger partial charge on any atom is -0.312 e. The molecule has 196 valence electrons. The molecular weight excluding hydrogens is 451 g/mol. The number of unbranched alkanes of at least 4 members (excludes halogenated alkanes) is 1.